The molecule has 0 aliphatic rings. The van der Waals surface area contributed by atoms with Crippen molar-refractivity contribution in [2.75, 3.05) is 4.72 Å². The number of rotatable bonds is 6. The Morgan fingerprint density at radius 1 is 1.08 bits per heavy atom. The molecule has 0 amide bonds. The number of pyridine rings is 1. The Hall–Kier alpha value is -3.50. The highest BCUT2D eigenvalue weighted by molar-refractivity contribution is 8.00. The first kappa shape index (κ1) is 27.5. The maximum atomic E-state index is 14.7. The smallest absolute Gasteiger partial charge is 0.478 e. The molecule has 2 N–H and O–H groups in total. The number of hydrogen-bond acceptors (Lipinski definition) is 5. The second-order valence-corrected chi connectivity index (χ2v) is 10.6. The molecule has 11 heteroatoms. The number of carboxylic acids is 1. The number of halogens is 5. The Balaban J connectivity index is 1.83. The first-order valence-corrected chi connectivity index (χ1v) is 12.4. The van der Waals surface area contributed by atoms with Crippen molar-refractivity contribution in [1.29, 1.82) is 0 Å². The van der Waals surface area contributed by atoms with Crippen LogP contribution in [0, 0.1) is 5.82 Å². The monoisotopic (exact) mass is 564 g/mol. The van der Waals surface area contributed by atoms with Crippen LogP contribution in [0.2, 0.25) is 5.02 Å². The molecule has 0 aliphatic carbocycles. The van der Waals surface area contributed by atoms with Gasteiger partial charge >= 0.3 is 12.3 Å². The molecule has 5 nitrogen and oxygen atoms in total. The molecule has 0 unspecified atom stereocenters. The summed E-state index contributed by atoms with van der Waals surface area (Å²) >= 11 is 7.50. The average Bonchev–Trinajstić information content (AvgIpc) is 2.82. The lowest BCUT2D eigenvalue weighted by atomic mass is 9.87. The lowest BCUT2D eigenvalue weighted by Crippen LogP contribution is -2.17. The third-order valence-corrected chi connectivity index (χ3v) is 6.82. The van der Waals surface area contributed by atoms with Gasteiger partial charge < -0.3 is 14.6 Å². The van der Waals surface area contributed by atoms with Crippen LogP contribution in [-0.2, 0) is 5.41 Å². The molecular weight excluding hydrogens is 544 g/mol. The summed E-state index contributed by atoms with van der Waals surface area (Å²) in [5.41, 5.74) is 0.943. The Kier molecular flexibility index (Phi) is 7.49. The molecule has 0 fully saturated rings. The highest BCUT2D eigenvalue weighted by Crippen LogP contribution is 2.46. The molecular formula is C27H21ClF4N2O3S. The van der Waals surface area contributed by atoms with Crippen LogP contribution < -0.4 is 9.46 Å². The number of nitrogens with zero attached hydrogens (tertiary/aromatic N) is 1. The van der Waals surface area contributed by atoms with E-state index in [1.54, 1.807) is 24.3 Å². The Morgan fingerprint density at radius 2 is 1.82 bits per heavy atom. The van der Waals surface area contributed by atoms with Crippen LogP contribution in [0.25, 0.3) is 22.0 Å². The van der Waals surface area contributed by atoms with Crippen molar-refractivity contribution in [3.63, 3.8) is 0 Å². The third-order valence-electron chi connectivity index (χ3n) is 5.63. The van der Waals surface area contributed by atoms with Crippen LogP contribution in [0.3, 0.4) is 0 Å². The van der Waals surface area contributed by atoms with Crippen molar-refractivity contribution in [1.82, 2.24) is 4.98 Å². The molecule has 1 aromatic heterocycles. The van der Waals surface area contributed by atoms with Crippen molar-refractivity contribution in [3.05, 3.63) is 82.8 Å². The van der Waals surface area contributed by atoms with Crippen molar-refractivity contribution < 1.29 is 32.2 Å². The van der Waals surface area contributed by atoms with Crippen LogP contribution >= 0.6 is 23.5 Å². The van der Waals surface area contributed by atoms with E-state index in [4.69, 9.17) is 11.6 Å². The van der Waals surface area contributed by atoms with Gasteiger partial charge in [0.1, 0.15) is 11.6 Å². The summed E-state index contributed by atoms with van der Waals surface area (Å²) in [5, 5.41) is 9.57. The van der Waals surface area contributed by atoms with Crippen LogP contribution in [-0.4, -0.2) is 22.4 Å². The Bertz CT molecular complexity index is 1540. The third kappa shape index (κ3) is 5.81. The number of nitrogens with one attached hydrogen (secondary N) is 1. The molecule has 38 heavy (non-hydrogen) atoms. The second-order valence-electron chi connectivity index (χ2n) is 9.31. The van der Waals surface area contributed by atoms with E-state index >= 15 is 0 Å². The predicted molar refractivity (Wildman–Crippen MR) is 140 cm³/mol. The molecule has 3 aromatic carbocycles. The van der Waals surface area contributed by atoms with E-state index < -0.39 is 29.3 Å². The highest BCUT2D eigenvalue weighted by atomic mass is 35.5. The van der Waals surface area contributed by atoms with E-state index in [1.807, 2.05) is 20.8 Å². The molecule has 0 aliphatic heterocycles. The molecule has 0 radical (unpaired) electrons. The number of anilines is 1. The summed E-state index contributed by atoms with van der Waals surface area (Å²) in [5.74, 6) is -2.24. The van der Waals surface area contributed by atoms with E-state index in [-0.39, 0.29) is 21.7 Å². The van der Waals surface area contributed by atoms with Crippen molar-refractivity contribution in [3.8, 4) is 16.9 Å². The number of aromatic carboxylic acids is 1. The van der Waals surface area contributed by atoms with Crippen LogP contribution in [0.5, 0.6) is 5.75 Å². The summed E-state index contributed by atoms with van der Waals surface area (Å²) in [4.78, 5) is 16.4. The summed E-state index contributed by atoms with van der Waals surface area (Å²) < 4.78 is 61.1. The SMILES string of the molecule is CC(C)(C)c1ccc(SNc2ccc(OC(F)(F)F)c(Cl)c2-c2ccc(C(=O)O)c3ncccc23)cc1F. The van der Waals surface area contributed by atoms with E-state index in [0.29, 0.717) is 27.1 Å². The summed E-state index contributed by atoms with van der Waals surface area (Å²) in [7, 11) is 0. The van der Waals surface area contributed by atoms with Gasteiger partial charge in [0, 0.05) is 22.0 Å². The molecule has 198 valence electrons. The van der Waals surface area contributed by atoms with Gasteiger partial charge in [0.25, 0.3) is 0 Å². The quantitative estimate of drug-likeness (QED) is 0.180. The molecule has 4 aromatic rings. The van der Waals surface area contributed by atoms with E-state index in [1.165, 1.54) is 30.5 Å². The Labute approximate surface area is 224 Å². The molecule has 0 bridgehead atoms. The average molecular weight is 565 g/mol. The number of alkyl halides is 3. The standard InChI is InChI=1S/C27H21ClF4N2O3S/c1-26(2,3)18-9-6-14(13-19(18)29)38-34-20-10-11-21(37-27(30,31)32)23(28)22(20)15-7-8-17(25(35)36)24-16(15)5-4-12-33-24/h4-13,34H,1-3H3,(H,35,36). The zero-order chi connectivity index (χ0) is 27.8. The molecule has 4 rings (SSSR count). The van der Waals surface area contributed by atoms with Crippen LogP contribution in [0.15, 0.2) is 65.7 Å². The normalized spacial score (nSPS) is 12.0. The van der Waals surface area contributed by atoms with Gasteiger partial charge in [0.2, 0.25) is 0 Å². The van der Waals surface area contributed by atoms with E-state index in [2.05, 4.69) is 14.4 Å². The molecule has 0 saturated carbocycles. The lowest BCUT2D eigenvalue weighted by molar-refractivity contribution is -0.274. The first-order chi connectivity index (χ1) is 17.8. The van der Waals surface area contributed by atoms with E-state index in [0.717, 1.165) is 18.0 Å². The zero-order valence-electron chi connectivity index (χ0n) is 20.3. The minimum absolute atomic E-state index is 0.0820. The van der Waals surface area contributed by atoms with E-state index in [9.17, 15) is 27.5 Å². The van der Waals surface area contributed by atoms with Gasteiger partial charge in [-0.1, -0.05) is 50.6 Å². The molecule has 0 spiro atoms. The second kappa shape index (κ2) is 10.3. The number of ether oxygens (including phenoxy) is 1. The van der Waals surface area contributed by atoms with Gasteiger partial charge in [-0.05, 0) is 64.9 Å². The van der Waals surface area contributed by atoms with Gasteiger partial charge in [-0.2, -0.15) is 0 Å². The van der Waals surface area contributed by atoms with Crippen molar-refractivity contribution >= 4 is 46.1 Å². The largest absolute Gasteiger partial charge is 0.573 e. The maximum Gasteiger partial charge on any atom is 0.573 e. The fourth-order valence-electron chi connectivity index (χ4n) is 3.95. The number of aromatic nitrogens is 1. The van der Waals surface area contributed by atoms with Crippen molar-refractivity contribution in [2.24, 2.45) is 0 Å². The highest BCUT2D eigenvalue weighted by Gasteiger charge is 2.33. The summed E-state index contributed by atoms with van der Waals surface area (Å²) in [6.45, 7) is 5.68. The Morgan fingerprint density at radius 3 is 2.45 bits per heavy atom. The summed E-state index contributed by atoms with van der Waals surface area (Å²) in [6, 6.07) is 13.1. The fraction of sp³-hybridized carbons (Fsp3) is 0.185. The fourth-order valence-corrected chi connectivity index (χ4v) is 4.96. The minimum atomic E-state index is -4.99. The lowest BCUT2D eigenvalue weighted by Gasteiger charge is -2.21. The topological polar surface area (TPSA) is 71.5 Å². The summed E-state index contributed by atoms with van der Waals surface area (Å²) in [6.07, 6.45) is -3.58. The number of carboxylic acid groups (broad SMARTS) is 1. The van der Waals surface area contributed by atoms with Gasteiger partial charge in [0.05, 0.1) is 21.8 Å². The van der Waals surface area contributed by atoms with Crippen LogP contribution in [0.1, 0.15) is 36.7 Å². The van der Waals surface area contributed by atoms with Crippen molar-refractivity contribution in [2.45, 2.75) is 37.4 Å². The maximum absolute atomic E-state index is 14.7. The predicted octanol–water partition coefficient (Wildman–Crippen LogP) is 8.71. The first-order valence-electron chi connectivity index (χ1n) is 11.2. The zero-order valence-corrected chi connectivity index (χ0v) is 21.9. The molecule has 0 saturated heterocycles. The van der Waals surface area contributed by atoms with Crippen LogP contribution in [0.4, 0.5) is 23.2 Å². The minimum Gasteiger partial charge on any atom is -0.478 e. The molecule has 1 heterocycles. The number of benzene rings is 3. The van der Waals surface area contributed by atoms with Gasteiger partial charge in [-0.3, -0.25) is 4.98 Å². The number of hydrogen-bond donors (Lipinski definition) is 2. The molecule has 0 atom stereocenters. The van der Waals surface area contributed by atoms with Gasteiger partial charge in [-0.15, -0.1) is 13.2 Å². The van der Waals surface area contributed by atoms with Gasteiger partial charge in [-0.25, -0.2) is 9.18 Å². The number of carbonyl (C=O) groups is 1. The van der Waals surface area contributed by atoms with Gasteiger partial charge in [0.15, 0.2) is 0 Å². The number of fused-ring (bicyclic) bond motifs is 1.